The third-order valence-electron chi connectivity index (χ3n) is 7.86. The minimum Gasteiger partial charge on any atom is -0.324 e. The second-order valence-corrected chi connectivity index (χ2v) is 8.65. The van der Waals surface area contributed by atoms with E-state index in [1.54, 1.807) is 5.57 Å². The molecule has 2 N–H and O–H groups in total. The summed E-state index contributed by atoms with van der Waals surface area (Å²) in [6, 6.07) is 0.284. The number of nitrogens with two attached hydrogens (primary N) is 1. The molecule has 0 amide bonds. The second-order valence-electron chi connectivity index (χ2n) is 8.65. The topological polar surface area (TPSA) is 43.1 Å². The lowest BCUT2D eigenvalue weighted by atomic mass is 9.47. The van der Waals surface area contributed by atoms with Gasteiger partial charge in [-0.05, 0) is 68.1 Å². The fraction of sp³-hybridized carbons (Fsp3) is 0.842. The number of ketones is 1. The Bertz CT molecular complexity index is 510. The van der Waals surface area contributed by atoms with Gasteiger partial charge in [-0.3, -0.25) is 4.79 Å². The van der Waals surface area contributed by atoms with Crippen LogP contribution in [0.3, 0.4) is 0 Å². The molecule has 0 saturated heterocycles. The van der Waals surface area contributed by atoms with Gasteiger partial charge >= 0.3 is 0 Å². The third kappa shape index (κ3) is 1.78. The molecular formula is C19H29NO. The SMILES string of the molecule is C[C@]12CC[C@@H](N)C=C1CC[C@@H]1[C@@H]2CC[C@]2(C)C(=O)CC[C@@H]12. The number of hydrogen-bond acceptors (Lipinski definition) is 2. The molecule has 0 aromatic rings. The van der Waals surface area contributed by atoms with Gasteiger partial charge in [0.15, 0.2) is 0 Å². The van der Waals surface area contributed by atoms with E-state index >= 15 is 0 Å². The fourth-order valence-corrected chi connectivity index (χ4v) is 6.53. The van der Waals surface area contributed by atoms with E-state index in [-0.39, 0.29) is 11.5 Å². The minimum absolute atomic E-state index is 0.0177. The molecule has 0 spiro atoms. The van der Waals surface area contributed by atoms with Crippen LogP contribution in [0.25, 0.3) is 0 Å². The van der Waals surface area contributed by atoms with Crippen molar-refractivity contribution < 1.29 is 4.79 Å². The van der Waals surface area contributed by atoms with Crippen molar-refractivity contribution in [3.05, 3.63) is 11.6 Å². The van der Waals surface area contributed by atoms with Crippen molar-refractivity contribution in [2.75, 3.05) is 0 Å². The van der Waals surface area contributed by atoms with Crippen molar-refractivity contribution in [3.63, 3.8) is 0 Å². The Balaban J connectivity index is 1.69. The average molecular weight is 287 g/mol. The summed E-state index contributed by atoms with van der Waals surface area (Å²) in [5.41, 5.74) is 8.22. The molecule has 4 aliphatic carbocycles. The summed E-state index contributed by atoms with van der Waals surface area (Å²) in [5.74, 6) is 2.81. The zero-order valence-corrected chi connectivity index (χ0v) is 13.5. The van der Waals surface area contributed by atoms with Gasteiger partial charge in [0.25, 0.3) is 0 Å². The van der Waals surface area contributed by atoms with Gasteiger partial charge in [-0.2, -0.15) is 0 Å². The number of allylic oxidation sites excluding steroid dienone is 1. The molecule has 3 saturated carbocycles. The predicted octanol–water partition coefficient (Wildman–Crippen LogP) is 3.85. The van der Waals surface area contributed by atoms with E-state index in [4.69, 9.17) is 5.73 Å². The molecule has 0 radical (unpaired) electrons. The van der Waals surface area contributed by atoms with E-state index in [0.29, 0.717) is 17.1 Å². The van der Waals surface area contributed by atoms with E-state index in [9.17, 15) is 4.79 Å². The predicted molar refractivity (Wildman–Crippen MR) is 84.7 cm³/mol. The van der Waals surface area contributed by atoms with Gasteiger partial charge in [0.05, 0.1) is 0 Å². The maximum Gasteiger partial charge on any atom is 0.139 e. The first-order valence-electron chi connectivity index (χ1n) is 8.95. The summed E-state index contributed by atoms with van der Waals surface area (Å²) in [4.78, 5) is 12.4. The number of hydrogen-bond donors (Lipinski definition) is 1. The molecule has 0 unspecified atom stereocenters. The van der Waals surface area contributed by atoms with E-state index in [1.807, 2.05) is 0 Å². The van der Waals surface area contributed by atoms with Crippen molar-refractivity contribution in [3.8, 4) is 0 Å². The largest absolute Gasteiger partial charge is 0.324 e. The first-order chi connectivity index (χ1) is 9.95. The smallest absolute Gasteiger partial charge is 0.139 e. The molecule has 3 fully saturated rings. The molecule has 0 aromatic carbocycles. The molecule has 6 atom stereocenters. The lowest BCUT2D eigenvalue weighted by molar-refractivity contribution is -0.132. The van der Waals surface area contributed by atoms with Gasteiger partial charge in [-0.15, -0.1) is 0 Å². The van der Waals surface area contributed by atoms with Gasteiger partial charge in [-0.25, -0.2) is 0 Å². The Hall–Kier alpha value is -0.630. The monoisotopic (exact) mass is 287 g/mol. The summed E-state index contributed by atoms with van der Waals surface area (Å²) >= 11 is 0. The van der Waals surface area contributed by atoms with Gasteiger partial charge in [0.2, 0.25) is 0 Å². The fourth-order valence-electron chi connectivity index (χ4n) is 6.53. The minimum atomic E-state index is 0.0177. The van der Waals surface area contributed by atoms with Crippen LogP contribution in [0, 0.1) is 28.6 Å². The quantitative estimate of drug-likeness (QED) is 0.688. The Morgan fingerprint density at radius 2 is 1.71 bits per heavy atom. The van der Waals surface area contributed by atoms with Crippen LogP contribution in [0.5, 0.6) is 0 Å². The molecule has 116 valence electrons. The van der Waals surface area contributed by atoms with Gasteiger partial charge in [0, 0.05) is 17.9 Å². The lowest BCUT2D eigenvalue weighted by Crippen LogP contribution is -2.51. The molecule has 2 heteroatoms. The molecular weight excluding hydrogens is 258 g/mol. The molecule has 0 heterocycles. The zero-order chi connectivity index (χ0) is 14.8. The Labute approximate surface area is 128 Å². The van der Waals surface area contributed by atoms with Crippen molar-refractivity contribution in [1.29, 1.82) is 0 Å². The van der Waals surface area contributed by atoms with E-state index in [2.05, 4.69) is 19.9 Å². The number of carbonyl (C=O) groups excluding carboxylic acids is 1. The van der Waals surface area contributed by atoms with Crippen molar-refractivity contribution in [2.24, 2.45) is 34.3 Å². The molecule has 2 nitrogen and oxygen atoms in total. The van der Waals surface area contributed by atoms with Crippen LogP contribution in [0.15, 0.2) is 11.6 Å². The molecule has 4 aliphatic rings. The lowest BCUT2D eigenvalue weighted by Gasteiger charge is -2.57. The number of rotatable bonds is 0. The van der Waals surface area contributed by atoms with Gasteiger partial charge in [0.1, 0.15) is 5.78 Å². The third-order valence-corrected chi connectivity index (χ3v) is 7.86. The van der Waals surface area contributed by atoms with Crippen molar-refractivity contribution in [2.45, 2.75) is 71.3 Å². The Kier molecular flexibility index (Phi) is 2.96. The van der Waals surface area contributed by atoms with Crippen LogP contribution in [-0.4, -0.2) is 11.8 Å². The summed E-state index contributed by atoms with van der Waals surface area (Å²) in [6.45, 7) is 4.77. The zero-order valence-electron chi connectivity index (χ0n) is 13.5. The second kappa shape index (κ2) is 4.44. The summed E-state index contributed by atoms with van der Waals surface area (Å²) in [6.07, 6.45) is 11.7. The summed E-state index contributed by atoms with van der Waals surface area (Å²) < 4.78 is 0. The first-order valence-corrected chi connectivity index (χ1v) is 8.95. The van der Waals surface area contributed by atoms with E-state index < -0.39 is 0 Å². The standard InChI is InChI=1S/C19H29NO/c1-18-9-7-13(20)11-12(18)3-4-14-15-5-6-17(21)19(15,2)10-8-16(14)18/h11,13-16H,3-10,20H2,1-2H3/t13-,14+,15+,16+,18+,19+/m1/s1. The van der Waals surface area contributed by atoms with Crippen molar-refractivity contribution in [1.82, 2.24) is 0 Å². The van der Waals surface area contributed by atoms with E-state index in [1.165, 1.54) is 25.7 Å². The number of fused-ring (bicyclic) bond motifs is 5. The van der Waals surface area contributed by atoms with Crippen LogP contribution >= 0.6 is 0 Å². The van der Waals surface area contributed by atoms with Crippen LogP contribution in [0.4, 0.5) is 0 Å². The van der Waals surface area contributed by atoms with Crippen LogP contribution in [-0.2, 0) is 4.79 Å². The number of carbonyl (C=O) groups is 1. The first kappa shape index (κ1) is 14.0. The highest BCUT2D eigenvalue weighted by Crippen LogP contribution is 2.64. The molecule has 21 heavy (non-hydrogen) atoms. The average Bonchev–Trinajstić information content (AvgIpc) is 2.76. The van der Waals surface area contributed by atoms with Crippen molar-refractivity contribution >= 4 is 5.78 Å². The molecule has 4 rings (SSSR count). The number of Topliss-reactive ketones (excluding diaryl/α,β-unsaturated/α-hetero) is 1. The van der Waals surface area contributed by atoms with Crippen LogP contribution < -0.4 is 5.73 Å². The summed E-state index contributed by atoms with van der Waals surface area (Å²) in [7, 11) is 0. The van der Waals surface area contributed by atoms with Gasteiger partial charge < -0.3 is 5.73 Å². The summed E-state index contributed by atoms with van der Waals surface area (Å²) in [5, 5.41) is 0. The Morgan fingerprint density at radius 1 is 1.00 bits per heavy atom. The van der Waals surface area contributed by atoms with Crippen LogP contribution in [0.2, 0.25) is 0 Å². The highest BCUT2D eigenvalue weighted by atomic mass is 16.1. The molecule has 0 aromatic heterocycles. The van der Waals surface area contributed by atoms with Gasteiger partial charge in [-0.1, -0.05) is 25.5 Å². The Morgan fingerprint density at radius 3 is 2.52 bits per heavy atom. The molecule has 0 aliphatic heterocycles. The highest BCUT2D eigenvalue weighted by molar-refractivity contribution is 5.87. The normalized spacial score (nSPS) is 52.7. The maximum absolute atomic E-state index is 12.4. The van der Waals surface area contributed by atoms with E-state index in [0.717, 1.165) is 37.5 Å². The highest BCUT2D eigenvalue weighted by Gasteiger charge is 2.58. The van der Waals surface area contributed by atoms with Crippen LogP contribution in [0.1, 0.15) is 65.2 Å². The molecule has 0 bridgehead atoms. The maximum atomic E-state index is 12.4.